The first-order chi connectivity index (χ1) is 10.1. The van der Waals surface area contributed by atoms with Crippen LogP contribution in [0, 0.1) is 0 Å². The Labute approximate surface area is 124 Å². The predicted molar refractivity (Wildman–Crippen MR) is 81.7 cm³/mol. The van der Waals surface area contributed by atoms with E-state index >= 15 is 0 Å². The number of carbonyl (C=O) groups is 1. The number of rotatable bonds is 4. The molecule has 4 N–H and O–H groups in total. The monoisotopic (exact) mass is 300 g/mol. The first-order valence-corrected chi connectivity index (χ1v) is 7.07. The van der Waals surface area contributed by atoms with Crippen molar-refractivity contribution in [3.63, 3.8) is 0 Å². The van der Waals surface area contributed by atoms with Gasteiger partial charge < -0.3 is 16.2 Å². The van der Waals surface area contributed by atoms with Crippen LogP contribution in [0.15, 0.2) is 41.9 Å². The van der Waals surface area contributed by atoms with E-state index in [0.29, 0.717) is 10.8 Å². The lowest BCUT2D eigenvalue weighted by molar-refractivity contribution is -0.138. The van der Waals surface area contributed by atoms with Gasteiger partial charge in [0.25, 0.3) is 0 Å². The van der Waals surface area contributed by atoms with Gasteiger partial charge in [-0.15, -0.1) is 11.3 Å². The molecule has 0 spiro atoms. The van der Waals surface area contributed by atoms with Gasteiger partial charge in [0.1, 0.15) is 6.04 Å². The van der Waals surface area contributed by atoms with E-state index in [2.05, 4.69) is 15.3 Å². The average Bonchev–Trinajstić information content (AvgIpc) is 2.94. The van der Waals surface area contributed by atoms with Crippen molar-refractivity contribution in [3.8, 4) is 0 Å². The van der Waals surface area contributed by atoms with Crippen LogP contribution in [-0.4, -0.2) is 21.0 Å². The number of hydrogen-bond acceptors (Lipinski definition) is 6. The van der Waals surface area contributed by atoms with Crippen molar-refractivity contribution in [2.75, 3.05) is 5.32 Å². The fourth-order valence-corrected chi connectivity index (χ4v) is 2.66. The van der Waals surface area contributed by atoms with Gasteiger partial charge in [0.05, 0.1) is 11.2 Å². The summed E-state index contributed by atoms with van der Waals surface area (Å²) in [5.74, 6) is -1.09. The third-order valence-electron chi connectivity index (χ3n) is 2.96. The molecule has 0 radical (unpaired) electrons. The topological polar surface area (TPSA) is 101 Å². The minimum atomic E-state index is -1.10. The van der Waals surface area contributed by atoms with Crippen molar-refractivity contribution >= 4 is 39.0 Å². The second-order valence-electron chi connectivity index (χ2n) is 4.43. The molecule has 1 unspecified atom stereocenters. The maximum Gasteiger partial charge on any atom is 0.326 e. The zero-order chi connectivity index (χ0) is 14.8. The molecule has 1 atom stereocenters. The number of aromatic nitrogens is 2. The van der Waals surface area contributed by atoms with Crippen LogP contribution in [0.4, 0.5) is 10.8 Å². The standard InChI is InChI=1S/C14H12N4O2S/c15-12(13(19)20)11-7-21-14(18-11)17-9-3-4-10-8(6-9)2-1-5-16-10/h1-7,12H,15H2,(H,17,18)(H,19,20). The van der Waals surface area contributed by atoms with Crippen molar-refractivity contribution in [1.29, 1.82) is 0 Å². The van der Waals surface area contributed by atoms with E-state index in [1.54, 1.807) is 11.6 Å². The van der Waals surface area contributed by atoms with Crippen LogP contribution in [-0.2, 0) is 4.79 Å². The predicted octanol–water partition coefficient (Wildman–Crippen LogP) is 2.52. The molecule has 0 saturated carbocycles. The molecule has 7 heteroatoms. The molecule has 0 amide bonds. The Bertz CT molecular complexity index is 802. The number of nitrogens with two attached hydrogens (primary N) is 1. The highest BCUT2D eigenvalue weighted by Crippen LogP contribution is 2.25. The molecule has 2 heterocycles. The van der Waals surface area contributed by atoms with Gasteiger partial charge in [-0.2, -0.15) is 0 Å². The van der Waals surface area contributed by atoms with Crippen LogP contribution < -0.4 is 11.1 Å². The molecule has 0 aliphatic carbocycles. The van der Waals surface area contributed by atoms with Gasteiger partial charge >= 0.3 is 5.97 Å². The van der Waals surface area contributed by atoms with Crippen LogP contribution in [0.3, 0.4) is 0 Å². The third kappa shape index (κ3) is 2.83. The van der Waals surface area contributed by atoms with Crippen LogP contribution in [0.5, 0.6) is 0 Å². The van der Waals surface area contributed by atoms with Gasteiger partial charge in [-0.25, -0.2) is 4.98 Å². The Kier molecular flexibility index (Phi) is 3.51. The van der Waals surface area contributed by atoms with E-state index in [0.717, 1.165) is 16.6 Å². The summed E-state index contributed by atoms with van der Waals surface area (Å²) in [4.78, 5) is 19.3. The quantitative estimate of drug-likeness (QED) is 0.684. The van der Waals surface area contributed by atoms with Gasteiger partial charge in [0.15, 0.2) is 5.13 Å². The molecule has 0 bridgehead atoms. The molecular weight excluding hydrogens is 288 g/mol. The minimum absolute atomic E-state index is 0.345. The number of benzene rings is 1. The van der Waals surface area contributed by atoms with Gasteiger partial charge in [-0.3, -0.25) is 9.78 Å². The lowest BCUT2D eigenvalue weighted by atomic mass is 10.2. The Morgan fingerprint density at radius 1 is 1.38 bits per heavy atom. The van der Waals surface area contributed by atoms with Crippen molar-refractivity contribution in [2.45, 2.75) is 6.04 Å². The number of thiazole rings is 1. The molecule has 0 aliphatic heterocycles. The zero-order valence-corrected chi connectivity index (χ0v) is 11.7. The van der Waals surface area contributed by atoms with Crippen molar-refractivity contribution in [2.24, 2.45) is 5.73 Å². The number of aliphatic carboxylic acids is 1. The van der Waals surface area contributed by atoms with Crippen molar-refractivity contribution in [3.05, 3.63) is 47.6 Å². The Morgan fingerprint density at radius 3 is 3.05 bits per heavy atom. The molecule has 0 fully saturated rings. The smallest absolute Gasteiger partial charge is 0.326 e. The van der Waals surface area contributed by atoms with E-state index in [9.17, 15) is 4.79 Å². The fourth-order valence-electron chi connectivity index (χ4n) is 1.89. The van der Waals surface area contributed by atoms with E-state index in [4.69, 9.17) is 10.8 Å². The lowest BCUT2D eigenvalue weighted by Gasteiger charge is -2.04. The number of carboxylic acid groups (broad SMARTS) is 1. The molecule has 2 aromatic heterocycles. The zero-order valence-electron chi connectivity index (χ0n) is 10.9. The largest absolute Gasteiger partial charge is 0.480 e. The highest BCUT2D eigenvalue weighted by molar-refractivity contribution is 7.13. The lowest BCUT2D eigenvalue weighted by Crippen LogP contribution is -2.20. The number of pyridine rings is 1. The highest BCUT2D eigenvalue weighted by atomic mass is 32.1. The number of nitrogens with zero attached hydrogens (tertiary/aromatic N) is 2. The summed E-state index contributed by atoms with van der Waals surface area (Å²) in [6, 6.07) is 8.52. The molecule has 3 rings (SSSR count). The Hall–Kier alpha value is -2.51. The summed E-state index contributed by atoms with van der Waals surface area (Å²) < 4.78 is 0. The van der Waals surface area contributed by atoms with Crippen molar-refractivity contribution < 1.29 is 9.90 Å². The maximum absolute atomic E-state index is 10.8. The van der Waals surface area contributed by atoms with Crippen LogP contribution in [0.1, 0.15) is 11.7 Å². The first-order valence-electron chi connectivity index (χ1n) is 6.19. The summed E-state index contributed by atoms with van der Waals surface area (Å²) in [7, 11) is 0. The molecule has 0 saturated heterocycles. The number of nitrogens with one attached hydrogen (secondary N) is 1. The number of fused-ring (bicyclic) bond motifs is 1. The summed E-state index contributed by atoms with van der Waals surface area (Å²) in [5.41, 5.74) is 7.65. The SMILES string of the molecule is NC(C(=O)O)c1csc(Nc2ccc3ncccc3c2)n1. The third-order valence-corrected chi connectivity index (χ3v) is 3.74. The Morgan fingerprint density at radius 2 is 2.24 bits per heavy atom. The van der Waals surface area contributed by atoms with Gasteiger partial charge in [-0.05, 0) is 24.3 Å². The van der Waals surface area contributed by atoms with E-state index in [-0.39, 0.29) is 0 Å². The molecule has 21 heavy (non-hydrogen) atoms. The number of anilines is 2. The van der Waals surface area contributed by atoms with Gasteiger partial charge in [-0.1, -0.05) is 6.07 Å². The molecular formula is C14H12N4O2S. The number of carboxylic acids is 1. The average molecular weight is 300 g/mol. The molecule has 3 aromatic rings. The van der Waals surface area contributed by atoms with E-state index < -0.39 is 12.0 Å². The molecule has 1 aromatic carbocycles. The van der Waals surface area contributed by atoms with Crippen LogP contribution in [0.25, 0.3) is 10.9 Å². The van der Waals surface area contributed by atoms with Crippen LogP contribution >= 0.6 is 11.3 Å². The highest BCUT2D eigenvalue weighted by Gasteiger charge is 2.17. The summed E-state index contributed by atoms with van der Waals surface area (Å²) >= 11 is 1.31. The summed E-state index contributed by atoms with van der Waals surface area (Å²) in [5, 5.41) is 15.3. The van der Waals surface area contributed by atoms with Gasteiger partial charge in [0.2, 0.25) is 0 Å². The summed E-state index contributed by atoms with van der Waals surface area (Å²) in [6.45, 7) is 0. The second-order valence-corrected chi connectivity index (χ2v) is 5.29. The van der Waals surface area contributed by atoms with Crippen molar-refractivity contribution in [1.82, 2.24) is 9.97 Å². The molecule has 6 nitrogen and oxygen atoms in total. The minimum Gasteiger partial charge on any atom is -0.480 e. The number of hydrogen-bond donors (Lipinski definition) is 3. The molecule has 0 aliphatic rings. The van der Waals surface area contributed by atoms with E-state index in [1.807, 2.05) is 30.3 Å². The van der Waals surface area contributed by atoms with Crippen LogP contribution in [0.2, 0.25) is 0 Å². The Balaban J connectivity index is 1.83. The first kappa shape index (κ1) is 13.5. The maximum atomic E-state index is 10.8. The summed E-state index contributed by atoms with van der Waals surface area (Å²) in [6.07, 6.45) is 1.75. The molecule has 106 valence electrons. The second kappa shape index (κ2) is 5.47. The normalized spacial score (nSPS) is 12.2. The van der Waals surface area contributed by atoms with Gasteiger partial charge in [0, 0.05) is 22.7 Å². The van der Waals surface area contributed by atoms with E-state index in [1.165, 1.54) is 11.3 Å². The fraction of sp³-hybridized carbons (Fsp3) is 0.0714.